The van der Waals surface area contributed by atoms with E-state index in [0.29, 0.717) is 5.69 Å². The fourth-order valence-electron chi connectivity index (χ4n) is 2.41. The SMILES string of the molecule is O=[N+]([O-])c1ccc(OC(F)F)c(/C=N/c2cccc3ccccc23)c1. The number of nitrogens with zero attached hydrogens (tertiary/aromatic N) is 2. The minimum atomic E-state index is -3.04. The lowest BCUT2D eigenvalue weighted by atomic mass is 10.1. The number of nitro groups is 1. The predicted molar refractivity (Wildman–Crippen MR) is 90.9 cm³/mol. The van der Waals surface area contributed by atoms with E-state index in [1.807, 2.05) is 36.4 Å². The van der Waals surface area contributed by atoms with Gasteiger partial charge in [0.1, 0.15) is 5.75 Å². The Balaban J connectivity index is 2.04. The molecule has 0 amide bonds. The van der Waals surface area contributed by atoms with Crippen molar-refractivity contribution in [3.8, 4) is 5.75 Å². The highest BCUT2D eigenvalue weighted by Gasteiger charge is 2.14. The third-order valence-corrected chi connectivity index (χ3v) is 3.53. The molecule has 5 nitrogen and oxygen atoms in total. The quantitative estimate of drug-likeness (QED) is 0.368. The topological polar surface area (TPSA) is 64.7 Å². The molecule has 0 aromatic heterocycles. The lowest BCUT2D eigenvalue weighted by molar-refractivity contribution is -0.384. The van der Waals surface area contributed by atoms with Gasteiger partial charge < -0.3 is 4.74 Å². The van der Waals surface area contributed by atoms with Crippen molar-refractivity contribution in [2.45, 2.75) is 6.61 Å². The van der Waals surface area contributed by atoms with Gasteiger partial charge in [0, 0.05) is 29.3 Å². The molecule has 0 aliphatic heterocycles. The van der Waals surface area contributed by atoms with E-state index >= 15 is 0 Å². The summed E-state index contributed by atoms with van der Waals surface area (Å²) in [5, 5.41) is 12.8. The van der Waals surface area contributed by atoms with E-state index in [2.05, 4.69) is 9.73 Å². The van der Waals surface area contributed by atoms with E-state index in [-0.39, 0.29) is 17.0 Å². The summed E-state index contributed by atoms with van der Waals surface area (Å²) in [7, 11) is 0. The average Bonchev–Trinajstić information content (AvgIpc) is 2.60. The van der Waals surface area contributed by atoms with Gasteiger partial charge in [-0.05, 0) is 17.5 Å². The summed E-state index contributed by atoms with van der Waals surface area (Å²) < 4.78 is 29.5. The monoisotopic (exact) mass is 342 g/mol. The normalized spacial score (nSPS) is 11.3. The fourth-order valence-corrected chi connectivity index (χ4v) is 2.41. The first kappa shape index (κ1) is 16.5. The molecule has 0 atom stereocenters. The second-order valence-corrected chi connectivity index (χ2v) is 5.11. The molecule has 25 heavy (non-hydrogen) atoms. The first-order valence-electron chi connectivity index (χ1n) is 7.29. The second-order valence-electron chi connectivity index (χ2n) is 5.11. The van der Waals surface area contributed by atoms with Gasteiger partial charge in [-0.1, -0.05) is 36.4 Å². The van der Waals surface area contributed by atoms with Crippen LogP contribution < -0.4 is 4.74 Å². The fraction of sp³-hybridized carbons (Fsp3) is 0.0556. The van der Waals surface area contributed by atoms with Crippen molar-refractivity contribution in [2.75, 3.05) is 0 Å². The van der Waals surface area contributed by atoms with Crippen LogP contribution in [0.25, 0.3) is 10.8 Å². The molecule has 3 aromatic carbocycles. The lowest BCUT2D eigenvalue weighted by Crippen LogP contribution is -2.04. The number of fused-ring (bicyclic) bond motifs is 1. The van der Waals surface area contributed by atoms with Gasteiger partial charge in [-0.15, -0.1) is 0 Å². The smallest absolute Gasteiger partial charge is 0.387 e. The minimum Gasteiger partial charge on any atom is -0.434 e. The van der Waals surface area contributed by atoms with Gasteiger partial charge in [0.15, 0.2) is 0 Å². The molecule has 0 radical (unpaired) electrons. The van der Waals surface area contributed by atoms with Crippen LogP contribution in [0.15, 0.2) is 65.7 Å². The highest BCUT2D eigenvalue weighted by Crippen LogP contribution is 2.28. The Labute approximate surface area is 141 Å². The number of hydrogen-bond donors (Lipinski definition) is 0. The Bertz CT molecular complexity index is 953. The number of ether oxygens (including phenoxy) is 1. The number of halogens is 2. The maximum atomic E-state index is 12.5. The molecule has 0 saturated heterocycles. The van der Waals surface area contributed by atoms with Gasteiger partial charge in [0.2, 0.25) is 0 Å². The Hall–Kier alpha value is -3.35. The molecule has 0 aliphatic carbocycles. The molecule has 3 rings (SSSR count). The molecular formula is C18H12F2N2O3. The minimum absolute atomic E-state index is 0.0995. The van der Waals surface area contributed by atoms with Crippen molar-refractivity contribution in [2.24, 2.45) is 4.99 Å². The molecule has 0 N–H and O–H groups in total. The van der Waals surface area contributed by atoms with Crippen LogP contribution in [0.4, 0.5) is 20.2 Å². The van der Waals surface area contributed by atoms with Gasteiger partial charge in [0.05, 0.1) is 10.6 Å². The van der Waals surface area contributed by atoms with Gasteiger partial charge in [-0.2, -0.15) is 8.78 Å². The molecule has 7 heteroatoms. The highest BCUT2D eigenvalue weighted by atomic mass is 19.3. The van der Waals surface area contributed by atoms with Gasteiger partial charge in [-0.3, -0.25) is 15.1 Å². The van der Waals surface area contributed by atoms with E-state index in [0.717, 1.165) is 29.0 Å². The number of alkyl halides is 2. The molecule has 126 valence electrons. The molecule has 0 aliphatic rings. The summed E-state index contributed by atoms with van der Waals surface area (Å²) in [4.78, 5) is 14.6. The van der Waals surface area contributed by atoms with E-state index in [1.165, 1.54) is 6.21 Å². The largest absolute Gasteiger partial charge is 0.434 e. The number of rotatable bonds is 5. The van der Waals surface area contributed by atoms with Crippen molar-refractivity contribution in [1.82, 2.24) is 0 Å². The third kappa shape index (κ3) is 3.77. The third-order valence-electron chi connectivity index (χ3n) is 3.53. The number of benzene rings is 3. The summed E-state index contributed by atoms with van der Waals surface area (Å²) in [6.45, 7) is -3.04. The van der Waals surface area contributed by atoms with Crippen LogP contribution in [-0.4, -0.2) is 17.7 Å². The van der Waals surface area contributed by atoms with E-state index < -0.39 is 11.5 Å². The second kappa shape index (κ2) is 7.04. The van der Waals surface area contributed by atoms with Crippen molar-refractivity contribution in [3.05, 3.63) is 76.3 Å². The summed E-state index contributed by atoms with van der Waals surface area (Å²) in [6, 6.07) is 16.5. The first-order valence-corrected chi connectivity index (χ1v) is 7.29. The number of aliphatic imine (C=N–C) groups is 1. The van der Waals surface area contributed by atoms with Crippen LogP contribution in [0.2, 0.25) is 0 Å². The number of nitro benzene ring substituents is 1. The van der Waals surface area contributed by atoms with Crippen LogP contribution in [0.5, 0.6) is 5.75 Å². The molecule has 0 unspecified atom stereocenters. The zero-order valence-corrected chi connectivity index (χ0v) is 12.8. The number of non-ortho nitro benzene ring substituents is 1. The summed E-state index contributed by atoms with van der Waals surface area (Å²) in [5.41, 5.74) is 0.482. The zero-order chi connectivity index (χ0) is 17.8. The summed E-state index contributed by atoms with van der Waals surface area (Å²) >= 11 is 0. The molecule has 0 spiro atoms. The summed E-state index contributed by atoms with van der Waals surface area (Å²) in [5.74, 6) is -0.176. The Morgan fingerprint density at radius 2 is 1.84 bits per heavy atom. The van der Waals surface area contributed by atoms with E-state index in [1.54, 1.807) is 6.07 Å². The van der Waals surface area contributed by atoms with Crippen LogP contribution in [0, 0.1) is 10.1 Å². The van der Waals surface area contributed by atoms with Crippen molar-refractivity contribution >= 4 is 28.4 Å². The van der Waals surface area contributed by atoms with Crippen molar-refractivity contribution in [3.63, 3.8) is 0 Å². The maximum Gasteiger partial charge on any atom is 0.387 e. The predicted octanol–water partition coefficient (Wildman–Crippen LogP) is 5.10. The maximum absolute atomic E-state index is 12.5. The number of hydrogen-bond acceptors (Lipinski definition) is 4. The van der Waals surface area contributed by atoms with Crippen LogP contribution in [0.1, 0.15) is 5.56 Å². The molecule has 0 fully saturated rings. The van der Waals surface area contributed by atoms with Crippen LogP contribution in [-0.2, 0) is 0 Å². The van der Waals surface area contributed by atoms with Crippen LogP contribution >= 0.6 is 0 Å². The first-order chi connectivity index (χ1) is 12.0. The Kier molecular flexibility index (Phi) is 4.65. The average molecular weight is 342 g/mol. The van der Waals surface area contributed by atoms with Crippen molar-refractivity contribution in [1.29, 1.82) is 0 Å². The van der Waals surface area contributed by atoms with E-state index in [4.69, 9.17) is 0 Å². The van der Waals surface area contributed by atoms with E-state index in [9.17, 15) is 18.9 Å². The van der Waals surface area contributed by atoms with Gasteiger partial charge in [-0.25, -0.2) is 0 Å². The van der Waals surface area contributed by atoms with Gasteiger partial charge in [0.25, 0.3) is 5.69 Å². The molecule has 0 saturated carbocycles. The highest BCUT2D eigenvalue weighted by molar-refractivity contribution is 5.96. The lowest BCUT2D eigenvalue weighted by Gasteiger charge is -2.07. The Morgan fingerprint density at radius 1 is 1.08 bits per heavy atom. The van der Waals surface area contributed by atoms with Gasteiger partial charge >= 0.3 is 6.61 Å². The summed E-state index contributed by atoms with van der Waals surface area (Å²) in [6.07, 6.45) is 1.28. The Morgan fingerprint density at radius 3 is 2.60 bits per heavy atom. The molecule has 3 aromatic rings. The standard InChI is InChI=1S/C18H12F2N2O3/c19-18(20)25-17-9-8-14(22(23)24)10-13(17)11-21-16-7-3-5-12-4-1-2-6-15(12)16/h1-11,18H/b21-11+. The molecular weight excluding hydrogens is 330 g/mol. The molecule has 0 bridgehead atoms. The van der Waals surface area contributed by atoms with Crippen LogP contribution in [0.3, 0.4) is 0 Å². The molecule has 0 heterocycles. The van der Waals surface area contributed by atoms with Crippen molar-refractivity contribution < 1.29 is 18.4 Å². The zero-order valence-electron chi connectivity index (χ0n) is 12.8.